The molecule has 2 aliphatic carbocycles. The summed E-state index contributed by atoms with van der Waals surface area (Å²) in [5.74, 6) is 0.514. The Labute approximate surface area is 182 Å². The van der Waals surface area contributed by atoms with Gasteiger partial charge in [-0.3, -0.25) is 14.5 Å². The molecule has 8 heteroatoms. The molecule has 3 fully saturated rings. The van der Waals surface area contributed by atoms with Crippen LogP contribution in [0.15, 0.2) is 11.6 Å². The number of rotatable bonds is 4. The number of carbonyl (C=O) groups is 2. The molecule has 168 valence electrons. The summed E-state index contributed by atoms with van der Waals surface area (Å²) in [5, 5.41) is 0. The molecular formula is C23H31FN4O3. The van der Waals surface area contributed by atoms with Gasteiger partial charge in [-0.1, -0.05) is 6.42 Å². The highest BCUT2D eigenvalue weighted by atomic mass is 19.1. The van der Waals surface area contributed by atoms with Crippen LogP contribution in [0, 0.1) is 12.3 Å². The summed E-state index contributed by atoms with van der Waals surface area (Å²) in [6.07, 6.45) is 4.29. The number of aryl methyl sites for hydroxylation is 1. The molecule has 4 rings (SSSR count). The number of hydrogen-bond donors (Lipinski definition) is 1. The van der Waals surface area contributed by atoms with Crippen molar-refractivity contribution in [3.05, 3.63) is 23.2 Å². The number of aromatic nitrogens is 2. The lowest BCUT2D eigenvalue weighted by molar-refractivity contribution is -0.143. The molecule has 1 aromatic heterocycles. The maximum absolute atomic E-state index is 13.6. The smallest absolute Gasteiger partial charge is 0.217 e. The Kier molecular flexibility index (Phi) is 6.10. The molecule has 0 unspecified atom stereocenters. The number of nitrogens with two attached hydrogens (primary N) is 1. The second-order valence-corrected chi connectivity index (χ2v) is 9.20. The molecule has 1 spiro atoms. The summed E-state index contributed by atoms with van der Waals surface area (Å²) < 4.78 is 19.4. The quantitative estimate of drug-likeness (QED) is 0.579. The summed E-state index contributed by atoms with van der Waals surface area (Å²) in [6.45, 7) is 2.54. The van der Waals surface area contributed by atoms with Gasteiger partial charge in [-0.2, -0.15) is 4.98 Å². The molecular weight excluding hydrogens is 399 g/mol. The van der Waals surface area contributed by atoms with Crippen LogP contribution < -0.4 is 10.5 Å². The second-order valence-electron chi connectivity index (χ2n) is 9.20. The Morgan fingerprint density at radius 2 is 2.03 bits per heavy atom. The zero-order chi connectivity index (χ0) is 22.2. The Bertz CT molecular complexity index is 914. The van der Waals surface area contributed by atoms with E-state index < -0.39 is 11.6 Å². The van der Waals surface area contributed by atoms with Crippen molar-refractivity contribution in [1.29, 1.82) is 0 Å². The van der Waals surface area contributed by atoms with E-state index in [4.69, 9.17) is 10.5 Å². The van der Waals surface area contributed by atoms with Gasteiger partial charge in [0.2, 0.25) is 5.88 Å². The van der Waals surface area contributed by atoms with Crippen LogP contribution >= 0.6 is 0 Å². The number of carbonyl (C=O) groups excluding carboxylic acids is 2. The molecule has 1 aromatic rings. The topological polar surface area (TPSA) is 98.4 Å². The molecule has 0 aromatic carbocycles. The number of ether oxygens (including phenoxy) is 1. The minimum absolute atomic E-state index is 0.0125. The maximum Gasteiger partial charge on any atom is 0.217 e. The molecule has 2 saturated carbocycles. The van der Waals surface area contributed by atoms with Crippen molar-refractivity contribution in [2.45, 2.75) is 70.5 Å². The van der Waals surface area contributed by atoms with Gasteiger partial charge in [-0.05, 0) is 52.5 Å². The minimum atomic E-state index is -0.907. The maximum atomic E-state index is 13.6. The van der Waals surface area contributed by atoms with Gasteiger partial charge in [0.15, 0.2) is 11.6 Å². The van der Waals surface area contributed by atoms with E-state index in [1.165, 1.54) is 0 Å². The van der Waals surface area contributed by atoms with E-state index in [1.54, 1.807) is 6.07 Å². The number of hydrogen-bond acceptors (Lipinski definition) is 7. The minimum Gasteiger partial charge on any atom is -0.476 e. The third-order valence-corrected chi connectivity index (χ3v) is 6.99. The molecule has 3 atom stereocenters. The van der Waals surface area contributed by atoms with Crippen LogP contribution in [0.1, 0.15) is 62.9 Å². The molecule has 31 heavy (non-hydrogen) atoms. The van der Waals surface area contributed by atoms with E-state index in [0.717, 1.165) is 19.3 Å². The molecule has 1 saturated heterocycles. The van der Waals surface area contributed by atoms with Crippen LogP contribution in [0.2, 0.25) is 0 Å². The Hall–Kier alpha value is -2.35. The summed E-state index contributed by atoms with van der Waals surface area (Å²) in [4.78, 5) is 36.9. The SMILES string of the molecule is Cc1cc(OC[C@@H]2C[C@H](F)CN2C)nc(/C(N)=C2\CCC[C@@]3(CCCCC3=O)C2=O)n1. The lowest BCUT2D eigenvalue weighted by Gasteiger charge is -2.38. The fourth-order valence-electron chi connectivity index (χ4n) is 5.19. The lowest BCUT2D eigenvalue weighted by Crippen LogP contribution is -2.45. The first-order valence-corrected chi connectivity index (χ1v) is 11.2. The van der Waals surface area contributed by atoms with Gasteiger partial charge < -0.3 is 10.5 Å². The van der Waals surface area contributed by atoms with Crippen molar-refractivity contribution in [1.82, 2.24) is 14.9 Å². The predicted octanol–water partition coefficient (Wildman–Crippen LogP) is 2.76. The third kappa shape index (κ3) is 4.22. The van der Waals surface area contributed by atoms with E-state index >= 15 is 0 Å². The van der Waals surface area contributed by atoms with Crippen molar-refractivity contribution in [3.63, 3.8) is 0 Å². The average molecular weight is 431 g/mol. The van der Waals surface area contributed by atoms with Gasteiger partial charge >= 0.3 is 0 Å². The van der Waals surface area contributed by atoms with E-state index in [-0.39, 0.29) is 29.1 Å². The van der Waals surface area contributed by atoms with Crippen LogP contribution in [0.4, 0.5) is 4.39 Å². The molecule has 2 heterocycles. The normalized spacial score (nSPS) is 31.3. The van der Waals surface area contributed by atoms with Gasteiger partial charge in [-0.25, -0.2) is 9.37 Å². The van der Waals surface area contributed by atoms with Crippen LogP contribution in [0.5, 0.6) is 5.88 Å². The van der Waals surface area contributed by atoms with E-state index in [0.29, 0.717) is 62.4 Å². The molecule has 3 aliphatic rings. The lowest BCUT2D eigenvalue weighted by atomic mass is 9.62. The Morgan fingerprint density at radius 3 is 2.74 bits per heavy atom. The number of likely N-dealkylation sites (tertiary alicyclic amines) is 1. The first kappa shape index (κ1) is 21.9. The van der Waals surface area contributed by atoms with E-state index in [9.17, 15) is 14.0 Å². The Morgan fingerprint density at radius 1 is 1.26 bits per heavy atom. The highest BCUT2D eigenvalue weighted by molar-refractivity contribution is 6.17. The van der Waals surface area contributed by atoms with Gasteiger partial charge in [0.1, 0.15) is 18.6 Å². The number of halogens is 1. The molecule has 0 amide bonds. The monoisotopic (exact) mass is 430 g/mol. The summed E-state index contributed by atoms with van der Waals surface area (Å²) in [5.41, 5.74) is 6.86. The highest BCUT2D eigenvalue weighted by Crippen LogP contribution is 2.45. The average Bonchev–Trinajstić information content (AvgIpc) is 3.06. The molecule has 1 aliphatic heterocycles. The number of alkyl halides is 1. The summed E-state index contributed by atoms with van der Waals surface area (Å²) >= 11 is 0. The van der Waals surface area contributed by atoms with Crippen LogP contribution in [0.3, 0.4) is 0 Å². The molecule has 0 bridgehead atoms. The zero-order valence-electron chi connectivity index (χ0n) is 18.3. The number of likely N-dealkylation sites (N-methyl/N-ethyl adjacent to an activating group) is 1. The van der Waals surface area contributed by atoms with E-state index in [2.05, 4.69) is 9.97 Å². The van der Waals surface area contributed by atoms with Gasteiger partial charge in [0.05, 0.1) is 11.1 Å². The first-order chi connectivity index (χ1) is 14.8. The highest BCUT2D eigenvalue weighted by Gasteiger charge is 2.49. The first-order valence-electron chi connectivity index (χ1n) is 11.2. The van der Waals surface area contributed by atoms with Gasteiger partial charge in [0, 0.05) is 36.3 Å². The van der Waals surface area contributed by atoms with Crippen molar-refractivity contribution in [2.24, 2.45) is 11.1 Å². The summed E-state index contributed by atoms with van der Waals surface area (Å²) in [6, 6.07) is 1.69. The predicted molar refractivity (Wildman–Crippen MR) is 114 cm³/mol. The number of Topliss-reactive ketones (excluding diaryl/α,β-unsaturated/α-hetero) is 2. The summed E-state index contributed by atoms with van der Waals surface area (Å²) in [7, 11) is 1.88. The van der Waals surface area contributed by atoms with Gasteiger partial charge in [0.25, 0.3) is 0 Å². The van der Waals surface area contributed by atoms with Crippen molar-refractivity contribution in [2.75, 3.05) is 20.2 Å². The number of ketones is 2. The fourth-order valence-corrected chi connectivity index (χ4v) is 5.19. The van der Waals surface area contributed by atoms with Crippen LogP contribution in [-0.4, -0.2) is 58.8 Å². The van der Waals surface area contributed by atoms with Crippen molar-refractivity contribution >= 4 is 17.3 Å². The zero-order valence-corrected chi connectivity index (χ0v) is 18.3. The van der Waals surface area contributed by atoms with E-state index in [1.807, 2.05) is 18.9 Å². The third-order valence-electron chi connectivity index (χ3n) is 6.99. The van der Waals surface area contributed by atoms with Gasteiger partial charge in [-0.15, -0.1) is 0 Å². The van der Waals surface area contributed by atoms with Crippen LogP contribution in [-0.2, 0) is 9.59 Å². The standard InChI is InChI=1S/C23H31FN4O3/c1-14-10-19(31-13-16-11-15(24)12-28(16)2)27-22(26-14)20(25)17-6-5-9-23(21(17)30)8-4-3-7-18(23)29/h10,15-16H,3-9,11-13,25H2,1-2H3/b20-17-/t15-,16-,23+/m0/s1. The Balaban J connectivity index is 1.57. The van der Waals surface area contributed by atoms with Crippen molar-refractivity contribution in [3.8, 4) is 5.88 Å². The number of allylic oxidation sites excluding steroid dienone is 1. The second kappa shape index (κ2) is 8.65. The molecule has 2 N–H and O–H groups in total. The van der Waals surface area contributed by atoms with Crippen LogP contribution in [0.25, 0.3) is 5.70 Å². The largest absolute Gasteiger partial charge is 0.476 e. The number of nitrogens with zero attached hydrogens (tertiary/aromatic N) is 3. The fraction of sp³-hybridized carbons (Fsp3) is 0.652. The molecule has 0 radical (unpaired) electrons. The van der Waals surface area contributed by atoms with Crippen molar-refractivity contribution < 1.29 is 18.7 Å². The molecule has 7 nitrogen and oxygen atoms in total.